The third-order valence-electron chi connectivity index (χ3n) is 1.65. The van der Waals surface area contributed by atoms with Crippen molar-refractivity contribution in [3.05, 3.63) is 18.0 Å². The van der Waals surface area contributed by atoms with Crippen molar-refractivity contribution in [3.63, 3.8) is 0 Å². The van der Waals surface area contributed by atoms with Crippen molar-refractivity contribution in [1.29, 1.82) is 0 Å². The van der Waals surface area contributed by atoms with Crippen LogP contribution in [0.5, 0.6) is 5.75 Å². The predicted octanol–water partition coefficient (Wildman–Crippen LogP) is 1.93. The highest BCUT2D eigenvalue weighted by Gasteiger charge is 2.09. The van der Waals surface area contributed by atoms with Gasteiger partial charge in [-0.15, -0.1) is 0 Å². The van der Waals surface area contributed by atoms with E-state index in [0.717, 1.165) is 5.69 Å². The van der Waals surface area contributed by atoms with E-state index in [1.165, 1.54) is 0 Å². The molecule has 0 bridgehead atoms. The van der Waals surface area contributed by atoms with Crippen LogP contribution in [0.15, 0.2) is 10.6 Å². The van der Waals surface area contributed by atoms with E-state index in [-0.39, 0.29) is 0 Å². The Balaban J connectivity index is 2.70. The van der Waals surface area contributed by atoms with Crippen LogP contribution in [0.4, 0.5) is 0 Å². The van der Waals surface area contributed by atoms with Crippen LogP contribution in [0.2, 0.25) is 0 Å². The summed E-state index contributed by atoms with van der Waals surface area (Å²) in [6.45, 7) is 0. The summed E-state index contributed by atoms with van der Waals surface area (Å²) in [5.74, 6) is 0.681. The minimum Gasteiger partial charge on any atom is -0.496 e. The number of aromatic nitrogens is 2. The number of halogens is 1. The second-order valence-electron chi connectivity index (χ2n) is 2.42. The molecule has 2 aromatic rings. The van der Waals surface area contributed by atoms with Crippen LogP contribution in [0.3, 0.4) is 0 Å². The Labute approximate surface area is 83.0 Å². The molecule has 0 unspecified atom stereocenters. The third kappa shape index (κ3) is 1.39. The molecule has 0 saturated heterocycles. The first-order chi connectivity index (χ1) is 6.35. The molecule has 0 aromatic carbocycles. The van der Waals surface area contributed by atoms with Crippen LogP contribution in [0, 0.1) is 6.20 Å². The summed E-state index contributed by atoms with van der Waals surface area (Å²) in [7, 11) is 1.59. The Morgan fingerprint density at radius 2 is 2.54 bits per heavy atom. The van der Waals surface area contributed by atoms with E-state index in [4.69, 9.17) is 9.26 Å². The zero-order chi connectivity index (χ0) is 9.26. The molecule has 13 heavy (non-hydrogen) atoms. The van der Waals surface area contributed by atoms with E-state index >= 15 is 0 Å². The fourth-order valence-electron chi connectivity index (χ4n) is 1.06. The molecule has 0 aliphatic rings. The maximum absolute atomic E-state index is 5.14. The van der Waals surface area contributed by atoms with Gasteiger partial charge in [0, 0.05) is 11.4 Å². The van der Waals surface area contributed by atoms with Gasteiger partial charge >= 0.3 is 0 Å². The zero-order valence-corrected chi connectivity index (χ0v) is 8.46. The van der Waals surface area contributed by atoms with Crippen LogP contribution >= 0.6 is 15.9 Å². The van der Waals surface area contributed by atoms with Gasteiger partial charge in [0.15, 0.2) is 0 Å². The Kier molecular flexibility index (Phi) is 2.18. The number of pyridine rings is 1. The van der Waals surface area contributed by atoms with Crippen molar-refractivity contribution in [2.24, 2.45) is 0 Å². The summed E-state index contributed by atoms with van der Waals surface area (Å²) in [5.41, 5.74) is 1.29. The molecule has 0 N–H and O–H groups in total. The van der Waals surface area contributed by atoms with E-state index in [0.29, 0.717) is 22.2 Å². The summed E-state index contributed by atoms with van der Waals surface area (Å²) in [6.07, 6.45) is 2.67. The maximum atomic E-state index is 5.14. The van der Waals surface area contributed by atoms with E-state index in [1.807, 2.05) is 6.07 Å². The predicted molar refractivity (Wildman–Crippen MR) is 49.8 cm³/mol. The molecule has 0 amide bonds. The highest BCUT2D eigenvalue weighted by Crippen LogP contribution is 2.24. The first kappa shape index (κ1) is 8.50. The molecule has 0 aliphatic heterocycles. The molecule has 0 atom stereocenters. The quantitative estimate of drug-likeness (QED) is 0.755. The molecule has 4 nitrogen and oxygen atoms in total. The average molecular weight is 242 g/mol. The third-order valence-corrected chi connectivity index (χ3v) is 2.22. The molecule has 0 spiro atoms. The molecular formula is C8H6BrN2O2. The number of fused-ring (bicyclic) bond motifs is 1. The molecule has 5 heteroatoms. The zero-order valence-electron chi connectivity index (χ0n) is 6.87. The van der Waals surface area contributed by atoms with Crippen molar-refractivity contribution < 1.29 is 9.26 Å². The molecule has 2 aromatic heterocycles. The summed E-state index contributed by atoms with van der Waals surface area (Å²) >= 11 is 3.30. The standard InChI is InChI=1S/C8H6BrN2O2/c1-12-7-2-5(3-9)11-8-6(7)4-10-13-8/h2H,3H2,1H3. The number of methoxy groups -OCH3 is 1. The summed E-state index contributed by atoms with van der Waals surface area (Å²) < 4.78 is 10.0. The number of alkyl halides is 1. The van der Waals surface area contributed by atoms with Crippen molar-refractivity contribution >= 4 is 27.0 Å². The van der Waals surface area contributed by atoms with Crippen LogP contribution in [0.25, 0.3) is 11.1 Å². The fraction of sp³-hybridized carbons (Fsp3) is 0.250. The van der Waals surface area contributed by atoms with Gasteiger partial charge in [0.05, 0.1) is 12.8 Å². The largest absolute Gasteiger partial charge is 0.496 e. The average Bonchev–Trinajstić information content (AvgIpc) is 2.63. The van der Waals surface area contributed by atoms with Crippen molar-refractivity contribution in [3.8, 4) is 5.75 Å². The lowest BCUT2D eigenvalue weighted by molar-refractivity contribution is 0.417. The van der Waals surface area contributed by atoms with Crippen molar-refractivity contribution in [1.82, 2.24) is 10.1 Å². The van der Waals surface area contributed by atoms with Gasteiger partial charge in [-0.1, -0.05) is 21.1 Å². The molecular weight excluding hydrogens is 236 g/mol. The van der Waals surface area contributed by atoms with Gasteiger partial charge in [-0.25, -0.2) is 4.98 Å². The monoisotopic (exact) mass is 241 g/mol. The SMILES string of the molecule is COc1cc(CBr)nc2on[c]c12. The molecule has 0 fully saturated rings. The van der Waals surface area contributed by atoms with Gasteiger partial charge in [-0.2, -0.15) is 0 Å². The van der Waals surface area contributed by atoms with Gasteiger partial charge in [0.2, 0.25) is 0 Å². The Morgan fingerprint density at radius 3 is 3.23 bits per heavy atom. The van der Waals surface area contributed by atoms with Crippen LogP contribution in [0.1, 0.15) is 5.69 Å². The molecule has 2 rings (SSSR count). The fourth-order valence-corrected chi connectivity index (χ4v) is 1.34. The lowest BCUT2D eigenvalue weighted by Crippen LogP contribution is -1.89. The van der Waals surface area contributed by atoms with Crippen molar-refractivity contribution in [2.45, 2.75) is 5.33 Å². The molecule has 67 valence electrons. The Hall–Kier alpha value is -1.10. The molecule has 2 heterocycles. The van der Waals surface area contributed by atoms with E-state index in [1.54, 1.807) is 7.11 Å². The van der Waals surface area contributed by atoms with Crippen LogP contribution < -0.4 is 4.74 Å². The summed E-state index contributed by atoms with van der Waals surface area (Å²) in [4.78, 5) is 4.18. The number of hydrogen-bond acceptors (Lipinski definition) is 4. The number of rotatable bonds is 2. The van der Waals surface area contributed by atoms with E-state index in [9.17, 15) is 0 Å². The number of hydrogen-bond donors (Lipinski definition) is 0. The van der Waals surface area contributed by atoms with E-state index < -0.39 is 0 Å². The highest BCUT2D eigenvalue weighted by atomic mass is 79.9. The normalized spacial score (nSPS) is 10.6. The van der Waals surface area contributed by atoms with Gasteiger partial charge in [0.1, 0.15) is 17.3 Å². The number of ether oxygens (including phenoxy) is 1. The van der Waals surface area contributed by atoms with Gasteiger partial charge < -0.3 is 9.26 Å². The van der Waals surface area contributed by atoms with Gasteiger partial charge in [-0.3, -0.25) is 0 Å². The van der Waals surface area contributed by atoms with E-state index in [2.05, 4.69) is 32.3 Å². The second kappa shape index (κ2) is 3.33. The summed E-state index contributed by atoms with van der Waals surface area (Å²) in [5, 5.41) is 4.85. The minimum atomic E-state index is 0.453. The van der Waals surface area contributed by atoms with Crippen LogP contribution in [-0.2, 0) is 5.33 Å². The smallest absolute Gasteiger partial charge is 0.262 e. The lowest BCUT2D eigenvalue weighted by atomic mass is 10.3. The lowest BCUT2D eigenvalue weighted by Gasteiger charge is -2.00. The van der Waals surface area contributed by atoms with Crippen molar-refractivity contribution in [2.75, 3.05) is 7.11 Å². The van der Waals surface area contributed by atoms with Gasteiger partial charge in [-0.05, 0) is 0 Å². The minimum absolute atomic E-state index is 0.453. The molecule has 0 aliphatic carbocycles. The second-order valence-corrected chi connectivity index (χ2v) is 2.98. The molecule has 0 saturated carbocycles. The first-order valence-corrected chi connectivity index (χ1v) is 4.74. The highest BCUT2D eigenvalue weighted by molar-refractivity contribution is 9.08. The maximum Gasteiger partial charge on any atom is 0.262 e. The topological polar surface area (TPSA) is 48.2 Å². The first-order valence-electron chi connectivity index (χ1n) is 3.62. The Bertz CT molecular complexity index is 427. The summed E-state index contributed by atoms with van der Waals surface area (Å²) in [6, 6.07) is 1.82. The Morgan fingerprint density at radius 1 is 1.69 bits per heavy atom. The van der Waals surface area contributed by atoms with Crippen LogP contribution in [-0.4, -0.2) is 17.3 Å². The van der Waals surface area contributed by atoms with Gasteiger partial charge in [0.25, 0.3) is 5.71 Å². The number of nitrogens with zero attached hydrogens (tertiary/aromatic N) is 2. The molecule has 1 radical (unpaired) electrons.